The molecular formula is C21H31N3O2. The van der Waals surface area contributed by atoms with Crippen molar-refractivity contribution >= 4 is 17.5 Å². The van der Waals surface area contributed by atoms with E-state index < -0.39 is 0 Å². The average Bonchev–Trinajstić information content (AvgIpc) is 3.44. The van der Waals surface area contributed by atoms with Gasteiger partial charge in [0.05, 0.1) is 12.5 Å². The molecular weight excluding hydrogens is 326 g/mol. The second-order valence-electron chi connectivity index (χ2n) is 8.09. The maximum Gasteiger partial charge on any atom is 0.238 e. The van der Waals surface area contributed by atoms with E-state index in [1.54, 1.807) is 0 Å². The van der Waals surface area contributed by atoms with Crippen LogP contribution in [0, 0.1) is 11.8 Å². The zero-order valence-electron chi connectivity index (χ0n) is 16.0. The number of amides is 2. The van der Waals surface area contributed by atoms with Crippen molar-refractivity contribution in [3.05, 3.63) is 29.8 Å². The van der Waals surface area contributed by atoms with Crippen LogP contribution in [0.3, 0.4) is 0 Å². The first kappa shape index (κ1) is 18.9. The summed E-state index contributed by atoms with van der Waals surface area (Å²) < 4.78 is 0. The van der Waals surface area contributed by atoms with E-state index in [-0.39, 0.29) is 17.7 Å². The molecule has 1 aliphatic carbocycles. The Kier molecular flexibility index (Phi) is 6.30. The van der Waals surface area contributed by atoms with E-state index in [0.717, 1.165) is 31.6 Å². The van der Waals surface area contributed by atoms with Gasteiger partial charge in [-0.1, -0.05) is 26.0 Å². The molecule has 1 saturated heterocycles. The van der Waals surface area contributed by atoms with Gasteiger partial charge in [0.1, 0.15) is 0 Å². The molecule has 2 aliphatic rings. The molecule has 26 heavy (non-hydrogen) atoms. The Morgan fingerprint density at radius 2 is 1.88 bits per heavy atom. The minimum Gasteiger partial charge on any atom is -0.356 e. The first-order valence-corrected chi connectivity index (χ1v) is 9.91. The summed E-state index contributed by atoms with van der Waals surface area (Å²) in [5.74, 6) is 1.34. The fraction of sp³-hybridized carbons (Fsp3) is 0.619. The third-order valence-corrected chi connectivity index (χ3v) is 5.37. The SMILES string of the molecule is CC(C)c1ccc(NC(=O)CN2CCCC(C(=O)NCC3CC3)C2)cc1. The molecule has 1 unspecified atom stereocenters. The number of rotatable bonds is 7. The number of benzene rings is 1. The van der Waals surface area contributed by atoms with E-state index in [1.807, 2.05) is 12.1 Å². The van der Waals surface area contributed by atoms with Gasteiger partial charge in [-0.05, 0) is 61.8 Å². The third-order valence-electron chi connectivity index (χ3n) is 5.37. The second kappa shape index (κ2) is 8.67. The molecule has 0 spiro atoms. The first-order valence-electron chi connectivity index (χ1n) is 9.91. The zero-order chi connectivity index (χ0) is 18.5. The number of hydrogen-bond acceptors (Lipinski definition) is 3. The van der Waals surface area contributed by atoms with Crippen molar-refractivity contribution < 1.29 is 9.59 Å². The number of nitrogens with zero attached hydrogens (tertiary/aromatic N) is 1. The number of carbonyl (C=O) groups is 2. The van der Waals surface area contributed by atoms with Gasteiger partial charge in [-0.25, -0.2) is 0 Å². The minimum absolute atomic E-state index is 0.0127. The number of nitrogens with one attached hydrogen (secondary N) is 2. The van der Waals surface area contributed by atoms with Crippen molar-refractivity contribution in [2.24, 2.45) is 11.8 Å². The molecule has 1 heterocycles. The molecule has 0 radical (unpaired) electrons. The number of piperidine rings is 1. The van der Waals surface area contributed by atoms with Crippen molar-refractivity contribution in [2.75, 3.05) is 31.5 Å². The van der Waals surface area contributed by atoms with Gasteiger partial charge >= 0.3 is 0 Å². The Morgan fingerprint density at radius 3 is 2.54 bits per heavy atom. The van der Waals surface area contributed by atoms with Crippen molar-refractivity contribution in [3.63, 3.8) is 0 Å². The number of likely N-dealkylation sites (tertiary alicyclic amines) is 1. The Bertz CT molecular complexity index is 623. The molecule has 1 atom stereocenters. The minimum atomic E-state index is -0.0127. The Hall–Kier alpha value is -1.88. The lowest BCUT2D eigenvalue weighted by molar-refractivity contribution is -0.128. The van der Waals surface area contributed by atoms with E-state index in [0.29, 0.717) is 24.9 Å². The smallest absolute Gasteiger partial charge is 0.238 e. The van der Waals surface area contributed by atoms with E-state index in [4.69, 9.17) is 0 Å². The maximum atomic E-state index is 12.3. The van der Waals surface area contributed by atoms with Crippen molar-refractivity contribution in [1.29, 1.82) is 0 Å². The molecule has 3 rings (SSSR count). The summed E-state index contributed by atoms with van der Waals surface area (Å²) in [6, 6.07) is 8.03. The highest BCUT2D eigenvalue weighted by Gasteiger charge is 2.28. The van der Waals surface area contributed by atoms with Crippen LogP contribution in [0.15, 0.2) is 24.3 Å². The van der Waals surface area contributed by atoms with Gasteiger partial charge in [-0.2, -0.15) is 0 Å². The van der Waals surface area contributed by atoms with Crippen molar-refractivity contribution in [2.45, 2.75) is 45.4 Å². The van der Waals surface area contributed by atoms with Crippen molar-refractivity contribution in [1.82, 2.24) is 10.2 Å². The van der Waals surface area contributed by atoms with Crippen LogP contribution >= 0.6 is 0 Å². The van der Waals surface area contributed by atoms with Crippen LogP contribution in [0.2, 0.25) is 0 Å². The standard InChI is InChI=1S/C21H31N3O2/c1-15(2)17-7-9-19(10-8-17)23-20(25)14-24-11-3-4-18(13-24)21(26)22-12-16-5-6-16/h7-10,15-16,18H,3-6,11-14H2,1-2H3,(H,22,26)(H,23,25). The van der Waals surface area contributed by atoms with Crippen molar-refractivity contribution in [3.8, 4) is 0 Å². The molecule has 0 aromatic heterocycles. The lowest BCUT2D eigenvalue weighted by Gasteiger charge is -2.31. The third kappa shape index (κ3) is 5.56. The molecule has 142 valence electrons. The molecule has 2 amide bonds. The Balaban J connectivity index is 1.44. The van der Waals surface area contributed by atoms with Crippen LogP contribution in [0.5, 0.6) is 0 Å². The van der Waals surface area contributed by atoms with E-state index in [9.17, 15) is 9.59 Å². The van der Waals surface area contributed by atoms with Gasteiger partial charge in [0.15, 0.2) is 0 Å². The fourth-order valence-electron chi connectivity index (χ4n) is 3.48. The lowest BCUT2D eigenvalue weighted by Crippen LogP contribution is -2.45. The van der Waals surface area contributed by atoms with Crippen LogP contribution in [0.4, 0.5) is 5.69 Å². The Morgan fingerprint density at radius 1 is 1.15 bits per heavy atom. The van der Waals surface area contributed by atoms with Crippen LogP contribution in [-0.4, -0.2) is 42.9 Å². The number of carbonyl (C=O) groups excluding carboxylic acids is 2. The fourth-order valence-corrected chi connectivity index (χ4v) is 3.48. The normalized spacial score (nSPS) is 20.8. The molecule has 1 aliphatic heterocycles. The molecule has 0 bridgehead atoms. The Labute approximate surface area is 156 Å². The quantitative estimate of drug-likeness (QED) is 0.789. The average molecular weight is 357 g/mol. The van der Waals surface area contributed by atoms with Gasteiger partial charge in [-0.15, -0.1) is 0 Å². The molecule has 2 fully saturated rings. The molecule has 2 N–H and O–H groups in total. The lowest BCUT2D eigenvalue weighted by atomic mass is 9.97. The predicted octanol–water partition coefficient (Wildman–Crippen LogP) is 2.99. The van der Waals surface area contributed by atoms with Gasteiger partial charge < -0.3 is 10.6 Å². The van der Waals surface area contributed by atoms with Gasteiger partial charge in [-0.3, -0.25) is 14.5 Å². The molecule has 5 heteroatoms. The second-order valence-corrected chi connectivity index (χ2v) is 8.09. The van der Waals surface area contributed by atoms with Crippen LogP contribution < -0.4 is 10.6 Å². The maximum absolute atomic E-state index is 12.3. The van der Waals surface area contributed by atoms with Gasteiger partial charge in [0.25, 0.3) is 0 Å². The van der Waals surface area contributed by atoms with Crippen LogP contribution in [-0.2, 0) is 9.59 Å². The summed E-state index contributed by atoms with van der Waals surface area (Å²) in [4.78, 5) is 26.7. The summed E-state index contributed by atoms with van der Waals surface area (Å²) >= 11 is 0. The first-order chi connectivity index (χ1) is 12.5. The molecule has 1 aromatic carbocycles. The van der Waals surface area contributed by atoms with Gasteiger partial charge in [0, 0.05) is 18.8 Å². The number of anilines is 1. The van der Waals surface area contributed by atoms with Crippen LogP contribution in [0.1, 0.15) is 51.0 Å². The zero-order valence-corrected chi connectivity index (χ0v) is 16.0. The summed E-state index contributed by atoms with van der Waals surface area (Å²) in [5.41, 5.74) is 2.09. The van der Waals surface area contributed by atoms with Crippen LogP contribution in [0.25, 0.3) is 0 Å². The topological polar surface area (TPSA) is 61.4 Å². The van der Waals surface area contributed by atoms with E-state index in [2.05, 4.69) is 41.5 Å². The van der Waals surface area contributed by atoms with E-state index >= 15 is 0 Å². The molecule has 1 aromatic rings. The highest BCUT2D eigenvalue weighted by atomic mass is 16.2. The largest absolute Gasteiger partial charge is 0.356 e. The predicted molar refractivity (Wildman–Crippen MR) is 104 cm³/mol. The summed E-state index contributed by atoms with van der Waals surface area (Å²) in [7, 11) is 0. The number of hydrogen-bond donors (Lipinski definition) is 2. The molecule has 1 saturated carbocycles. The highest BCUT2D eigenvalue weighted by Crippen LogP contribution is 2.28. The summed E-state index contributed by atoms with van der Waals surface area (Å²) in [6.45, 7) is 7.03. The van der Waals surface area contributed by atoms with Gasteiger partial charge in [0.2, 0.25) is 11.8 Å². The monoisotopic (exact) mass is 357 g/mol. The summed E-state index contributed by atoms with van der Waals surface area (Å²) in [5, 5.41) is 6.04. The van der Waals surface area contributed by atoms with E-state index in [1.165, 1.54) is 18.4 Å². The highest BCUT2D eigenvalue weighted by molar-refractivity contribution is 5.92. The molecule has 5 nitrogen and oxygen atoms in total. The summed E-state index contributed by atoms with van der Waals surface area (Å²) in [6.07, 6.45) is 4.38.